The van der Waals surface area contributed by atoms with E-state index >= 15 is 0 Å². The Bertz CT molecular complexity index is 379. The van der Waals surface area contributed by atoms with Crippen molar-refractivity contribution in [1.29, 1.82) is 0 Å². The lowest BCUT2D eigenvalue weighted by atomic mass is 10.0. The van der Waals surface area contributed by atoms with E-state index in [0.717, 1.165) is 24.7 Å². The maximum absolute atomic E-state index is 10.9. The van der Waals surface area contributed by atoms with Crippen LogP contribution in [0.4, 0.5) is 0 Å². The Morgan fingerprint density at radius 1 is 1.64 bits per heavy atom. The van der Waals surface area contributed by atoms with Gasteiger partial charge in [-0.2, -0.15) is 0 Å². The number of hydrogen-bond donors (Lipinski definition) is 0. The van der Waals surface area contributed by atoms with Crippen LogP contribution in [0, 0.1) is 0 Å². The molecule has 1 aromatic rings. The van der Waals surface area contributed by atoms with Crippen molar-refractivity contribution in [2.45, 2.75) is 23.4 Å². The highest BCUT2D eigenvalue weighted by atomic mass is 35.5. The zero-order valence-corrected chi connectivity index (χ0v) is 9.23. The number of hydrogen-bond acceptors (Lipinski definition) is 4. The van der Waals surface area contributed by atoms with Gasteiger partial charge in [-0.15, -0.1) is 0 Å². The van der Waals surface area contributed by atoms with E-state index in [9.17, 15) is 4.79 Å². The second-order valence-electron chi connectivity index (χ2n) is 3.34. The highest BCUT2D eigenvalue weighted by molar-refractivity contribution is 7.98. The number of aldehydes is 1. The minimum Gasteiger partial charge on any atom is -0.302 e. The van der Waals surface area contributed by atoms with Gasteiger partial charge in [0.05, 0.1) is 5.41 Å². The summed E-state index contributed by atoms with van der Waals surface area (Å²) in [5.74, 6) is 0. The van der Waals surface area contributed by atoms with Crippen molar-refractivity contribution in [1.82, 2.24) is 9.97 Å². The van der Waals surface area contributed by atoms with E-state index in [1.807, 2.05) is 6.26 Å². The fourth-order valence-electron chi connectivity index (χ4n) is 1.36. The van der Waals surface area contributed by atoms with Gasteiger partial charge in [0.2, 0.25) is 0 Å². The van der Waals surface area contributed by atoms with E-state index in [-0.39, 0.29) is 5.41 Å². The Labute approximate surface area is 91.3 Å². The third kappa shape index (κ3) is 1.53. The van der Waals surface area contributed by atoms with Crippen LogP contribution in [0.15, 0.2) is 11.4 Å². The molecule has 0 N–H and O–H groups in total. The van der Waals surface area contributed by atoms with E-state index in [0.29, 0.717) is 10.3 Å². The van der Waals surface area contributed by atoms with Crippen molar-refractivity contribution >= 4 is 29.6 Å². The maximum atomic E-state index is 10.9. The Balaban J connectivity index is 2.40. The normalized spacial score (nSPS) is 17.9. The average Bonchev–Trinajstić information content (AvgIpc) is 2.98. The molecule has 0 atom stereocenters. The molecule has 0 radical (unpaired) electrons. The molecule has 14 heavy (non-hydrogen) atoms. The summed E-state index contributed by atoms with van der Waals surface area (Å²) in [5.41, 5.74) is 0.389. The van der Waals surface area contributed by atoms with E-state index in [1.54, 1.807) is 6.20 Å². The minimum atomic E-state index is -0.381. The second-order valence-corrected chi connectivity index (χ2v) is 4.47. The van der Waals surface area contributed by atoms with Gasteiger partial charge in [0, 0.05) is 11.8 Å². The molecule has 1 aliphatic rings. The first-order valence-electron chi connectivity index (χ1n) is 4.25. The van der Waals surface area contributed by atoms with Crippen LogP contribution >= 0.6 is 23.4 Å². The molecular weight excluding hydrogens is 220 g/mol. The van der Waals surface area contributed by atoms with Gasteiger partial charge in [0.25, 0.3) is 0 Å². The van der Waals surface area contributed by atoms with Crippen LogP contribution in [-0.2, 0) is 10.2 Å². The summed E-state index contributed by atoms with van der Waals surface area (Å²) in [6, 6.07) is 0. The first-order valence-corrected chi connectivity index (χ1v) is 5.85. The quantitative estimate of drug-likeness (QED) is 0.344. The van der Waals surface area contributed by atoms with Crippen LogP contribution in [0.2, 0.25) is 5.15 Å². The van der Waals surface area contributed by atoms with Crippen molar-refractivity contribution in [2.24, 2.45) is 0 Å². The van der Waals surface area contributed by atoms with E-state index in [4.69, 9.17) is 11.6 Å². The van der Waals surface area contributed by atoms with E-state index in [1.165, 1.54) is 11.8 Å². The number of rotatable bonds is 3. The van der Waals surface area contributed by atoms with Gasteiger partial charge in [-0.25, -0.2) is 9.97 Å². The van der Waals surface area contributed by atoms with Crippen LogP contribution in [0.25, 0.3) is 0 Å². The predicted molar refractivity (Wildman–Crippen MR) is 55.8 cm³/mol. The van der Waals surface area contributed by atoms with Crippen LogP contribution in [0.1, 0.15) is 18.4 Å². The fraction of sp³-hybridized carbons (Fsp3) is 0.444. The Hall–Kier alpha value is -0.610. The van der Waals surface area contributed by atoms with Crippen LogP contribution in [0.5, 0.6) is 0 Å². The molecule has 1 fully saturated rings. The minimum absolute atomic E-state index is 0.381. The maximum Gasteiger partial charge on any atom is 0.188 e. The number of halogens is 1. The monoisotopic (exact) mass is 228 g/mol. The molecule has 0 unspecified atom stereocenters. The summed E-state index contributed by atoms with van der Waals surface area (Å²) in [4.78, 5) is 19.1. The molecular formula is C9H9ClN2OS. The lowest BCUT2D eigenvalue weighted by Gasteiger charge is -2.08. The Kier molecular flexibility index (Phi) is 2.49. The van der Waals surface area contributed by atoms with E-state index < -0.39 is 0 Å². The molecule has 1 saturated carbocycles. The van der Waals surface area contributed by atoms with Gasteiger partial charge in [0.15, 0.2) is 5.16 Å². The topological polar surface area (TPSA) is 42.9 Å². The van der Waals surface area contributed by atoms with Crippen molar-refractivity contribution in [2.75, 3.05) is 6.26 Å². The van der Waals surface area contributed by atoms with Gasteiger partial charge in [0.1, 0.15) is 11.4 Å². The lowest BCUT2D eigenvalue weighted by molar-refractivity contribution is -0.109. The molecule has 0 amide bonds. The zero-order chi connectivity index (χ0) is 10.2. The fourth-order valence-corrected chi connectivity index (χ4v) is 2.07. The summed E-state index contributed by atoms with van der Waals surface area (Å²) in [6.45, 7) is 0. The first kappa shape index (κ1) is 9.93. The standard InChI is InChI=1S/C9H9ClN2OS/c1-14-8-11-4-6(7(10)12-8)9(5-13)2-3-9/h4-5H,2-3H2,1H3. The number of carbonyl (C=O) groups excluding carboxylic acids is 1. The molecule has 0 bridgehead atoms. The van der Waals surface area contributed by atoms with Crippen LogP contribution in [-0.4, -0.2) is 22.5 Å². The smallest absolute Gasteiger partial charge is 0.188 e. The molecule has 1 aromatic heterocycles. The SMILES string of the molecule is CSc1ncc(C2(C=O)CC2)c(Cl)n1. The number of carbonyl (C=O) groups is 1. The van der Waals surface area contributed by atoms with Crippen molar-refractivity contribution in [3.63, 3.8) is 0 Å². The third-order valence-electron chi connectivity index (χ3n) is 2.45. The van der Waals surface area contributed by atoms with Gasteiger partial charge >= 0.3 is 0 Å². The second kappa shape index (κ2) is 3.51. The van der Waals surface area contributed by atoms with Crippen molar-refractivity contribution in [3.05, 3.63) is 16.9 Å². The molecule has 1 aliphatic carbocycles. The molecule has 0 spiro atoms. The summed E-state index contributed by atoms with van der Waals surface area (Å²) >= 11 is 7.42. The van der Waals surface area contributed by atoms with Gasteiger partial charge in [-0.1, -0.05) is 23.4 Å². The third-order valence-corrected chi connectivity index (χ3v) is 3.30. The highest BCUT2D eigenvalue weighted by Crippen LogP contribution is 2.48. The van der Waals surface area contributed by atoms with Gasteiger partial charge < -0.3 is 4.79 Å². The molecule has 2 rings (SSSR count). The summed E-state index contributed by atoms with van der Waals surface area (Å²) in [6.07, 6.45) is 6.23. The highest BCUT2D eigenvalue weighted by Gasteiger charge is 2.46. The molecule has 74 valence electrons. The predicted octanol–water partition coefficient (Wildman–Crippen LogP) is 2.08. The summed E-state index contributed by atoms with van der Waals surface area (Å²) < 4.78 is 0. The van der Waals surface area contributed by atoms with Gasteiger partial charge in [-0.05, 0) is 19.1 Å². The number of aromatic nitrogens is 2. The first-order chi connectivity index (χ1) is 6.72. The molecule has 0 saturated heterocycles. The van der Waals surface area contributed by atoms with Crippen molar-refractivity contribution < 1.29 is 4.79 Å². The van der Waals surface area contributed by atoms with Crippen LogP contribution < -0.4 is 0 Å². The van der Waals surface area contributed by atoms with Gasteiger partial charge in [-0.3, -0.25) is 0 Å². The number of thioether (sulfide) groups is 1. The molecule has 0 aromatic carbocycles. The summed E-state index contributed by atoms with van der Waals surface area (Å²) in [5, 5.41) is 1.05. The Morgan fingerprint density at radius 3 is 2.79 bits per heavy atom. The zero-order valence-electron chi connectivity index (χ0n) is 7.66. The van der Waals surface area contributed by atoms with Crippen molar-refractivity contribution in [3.8, 4) is 0 Å². The van der Waals surface area contributed by atoms with E-state index in [2.05, 4.69) is 9.97 Å². The largest absolute Gasteiger partial charge is 0.302 e. The molecule has 3 nitrogen and oxygen atoms in total. The molecule has 1 heterocycles. The number of nitrogens with zero attached hydrogens (tertiary/aromatic N) is 2. The summed E-state index contributed by atoms with van der Waals surface area (Å²) in [7, 11) is 0. The average molecular weight is 229 g/mol. The molecule has 0 aliphatic heterocycles. The Morgan fingerprint density at radius 2 is 2.36 bits per heavy atom. The molecule has 5 heteroatoms. The van der Waals surface area contributed by atoms with Crippen LogP contribution in [0.3, 0.4) is 0 Å². The lowest BCUT2D eigenvalue weighted by Crippen LogP contribution is -2.10.